The molecule has 2 fully saturated rings. The zero-order valence-corrected chi connectivity index (χ0v) is 11.3. The Hall–Kier alpha value is -1.65. The van der Waals surface area contributed by atoms with Crippen molar-refractivity contribution in [3.63, 3.8) is 0 Å². The number of aromatic nitrogens is 2. The number of rotatable bonds is 5. The van der Waals surface area contributed by atoms with E-state index < -0.39 is 5.97 Å². The summed E-state index contributed by atoms with van der Waals surface area (Å²) in [5.74, 6) is 0.901. The maximum Gasteiger partial charge on any atom is 0.339 e. The van der Waals surface area contributed by atoms with E-state index in [1.807, 2.05) is 0 Å². The lowest BCUT2D eigenvalue weighted by Crippen LogP contribution is -2.27. The Balaban J connectivity index is 1.90. The maximum absolute atomic E-state index is 11.4. The van der Waals surface area contributed by atoms with Crippen molar-refractivity contribution in [3.8, 4) is 0 Å². The van der Waals surface area contributed by atoms with Gasteiger partial charge < -0.3 is 10.4 Å². The van der Waals surface area contributed by atoms with Crippen molar-refractivity contribution in [2.45, 2.75) is 45.6 Å². The van der Waals surface area contributed by atoms with Gasteiger partial charge in [0, 0.05) is 6.04 Å². The fourth-order valence-electron chi connectivity index (χ4n) is 2.66. The summed E-state index contributed by atoms with van der Waals surface area (Å²) in [6.07, 6.45) is 4.98. The van der Waals surface area contributed by atoms with Crippen LogP contribution in [-0.2, 0) is 0 Å². The molecular weight excluding hydrogens is 242 g/mol. The first-order valence-corrected chi connectivity index (χ1v) is 6.91. The van der Waals surface area contributed by atoms with Crippen LogP contribution in [0.1, 0.15) is 47.3 Å². The van der Waals surface area contributed by atoms with Gasteiger partial charge >= 0.3 is 5.97 Å². The largest absolute Gasteiger partial charge is 0.478 e. The number of carboxylic acid groups (broad SMARTS) is 1. The predicted molar refractivity (Wildman–Crippen MR) is 71.3 cm³/mol. The highest BCUT2D eigenvalue weighted by atomic mass is 16.4. The van der Waals surface area contributed by atoms with Gasteiger partial charge in [0.1, 0.15) is 5.56 Å². The van der Waals surface area contributed by atoms with Gasteiger partial charge in [-0.05, 0) is 56.9 Å². The molecule has 0 aliphatic heterocycles. The van der Waals surface area contributed by atoms with E-state index in [9.17, 15) is 9.90 Å². The molecule has 3 rings (SSSR count). The molecule has 1 heterocycles. The number of aryl methyl sites for hydroxylation is 1. The second kappa shape index (κ2) is 4.47. The molecule has 19 heavy (non-hydrogen) atoms. The molecule has 0 atom stereocenters. The van der Waals surface area contributed by atoms with Crippen molar-refractivity contribution < 1.29 is 9.90 Å². The van der Waals surface area contributed by atoms with Crippen LogP contribution in [0.15, 0.2) is 0 Å². The highest BCUT2D eigenvalue weighted by Crippen LogP contribution is 2.46. The van der Waals surface area contributed by atoms with Crippen LogP contribution >= 0.6 is 0 Å². The number of hydrogen-bond donors (Lipinski definition) is 2. The first-order valence-electron chi connectivity index (χ1n) is 6.91. The number of nitrogens with one attached hydrogen (secondary N) is 1. The zero-order valence-electron chi connectivity index (χ0n) is 11.3. The van der Waals surface area contributed by atoms with Crippen LogP contribution in [0.2, 0.25) is 0 Å². The molecule has 2 saturated carbocycles. The van der Waals surface area contributed by atoms with Gasteiger partial charge in [0.2, 0.25) is 0 Å². The van der Waals surface area contributed by atoms with E-state index in [4.69, 9.17) is 0 Å². The first kappa shape index (κ1) is 12.4. The molecular formula is C14H19N3O2. The second-order valence-corrected chi connectivity index (χ2v) is 5.78. The lowest BCUT2D eigenvalue weighted by molar-refractivity contribution is 0.0696. The first-order chi connectivity index (χ1) is 9.08. The lowest BCUT2D eigenvalue weighted by atomic mass is 10.1. The number of aromatic carboxylic acids is 1. The molecule has 1 aromatic heterocycles. The molecule has 5 nitrogen and oxygen atoms in total. The zero-order chi connectivity index (χ0) is 13.6. The van der Waals surface area contributed by atoms with Gasteiger partial charge in [-0.3, -0.25) is 0 Å². The number of nitrogens with zero attached hydrogens (tertiary/aromatic N) is 2. The van der Waals surface area contributed by atoms with Gasteiger partial charge in [0.25, 0.3) is 0 Å². The number of carbonyl (C=O) groups is 1. The molecule has 0 amide bonds. The van der Waals surface area contributed by atoms with Crippen molar-refractivity contribution in [2.24, 2.45) is 11.8 Å². The third-order valence-electron chi connectivity index (χ3n) is 4.23. The molecule has 0 radical (unpaired) electrons. The van der Waals surface area contributed by atoms with Crippen LogP contribution in [-0.4, -0.2) is 27.3 Å². The van der Waals surface area contributed by atoms with Crippen molar-refractivity contribution in [2.75, 3.05) is 5.32 Å². The predicted octanol–water partition coefficient (Wildman–Crippen LogP) is 2.39. The molecule has 2 aliphatic carbocycles. The summed E-state index contributed by atoms with van der Waals surface area (Å²) in [6.45, 7) is 3.58. The molecule has 1 aromatic rings. The van der Waals surface area contributed by atoms with Gasteiger partial charge in [-0.1, -0.05) is 0 Å². The molecule has 5 heteroatoms. The molecule has 0 aromatic carbocycles. The minimum absolute atomic E-state index is 0.277. The minimum atomic E-state index is -0.927. The number of carboxylic acids is 1. The average molecular weight is 261 g/mol. The Kier molecular flexibility index (Phi) is 2.92. The molecule has 0 saturated heterocycles. The molecule has 2 N–H and O–H groups in total. The summed E-state index contributed by atoms with van der Waals surface area (Å²) in [7, 11) is 0. The van der Waals surface area contributed by atoms with Gasteiger partial charge in [-0.15, -0.1) is 5.10 Å². The van der Waals surface area contributed by atoms with Gasteiger partial charge in [0.15, 0.2) is 5.82 Å². The Bertz CT molecular complexity index is 510. The topological polar surface area (TPSA) is 75.1 Å². The average Bonchev–Trinajstić information content (AvgIpc) is 3.23. The van der Waals surface area contributed by atoms with E-state index in [0.29, 0.717) is 35.0 Å². The van der Waals surface area contributed by atoms with Gasteiger partial charge in [-0.25, -0.2) is 4.79 Å². The second-order valence-electron chi connectivity index (χ2n) is 5.78. The van der Waals surface area contributed by atoms with E-state index in [1.165, 1.54) is 25.7 Å². The Labute approximate surface area is 112 Å². The summed E-state index contributed by atoms with van der Waals surface area (Å²) in [5, 5.41) is 20.9. The Morgan fingerprint density at radius 1 is 1.21 bits per heavy atom. The number of anilines is 1. The normalized spacial score (nSPS) is 18.7. The van der Waals surface area contributed by atoms with Crippen molar-refractivity contribution in [3.05, 3.63) is 16.8 Å². The Morgan fingerprint density at radius 2 is 1.79 bits per heavy atom. The number of hydrogen-bond acceptors (Lipinski definition) is 4. The fraction of sp³-hybridized carbons (Fsp3) is 0.643. The van der Waals surface area contributed by atoms with E-state index in [2.05, 4.69) is 15.5 Å². The summed E-state index contributed by atoms with van der Waals surface area (Å²) in [6, 6.07) is 0.384. The standard InChI is InChI=1S/C14H19N3O2/c1-7-8(2)16-17-13(11(7)14(18)19)15-12(9-3-4-9)10-5-6-10/h9-10,12H,3-6H2,1-2H3,(H,15,17)(H,18,19). The van der Waals surface area contributed by atoms with Crippen LogP contribution in [0.3, 0.4) is 0 Å². The fourth-order valence-corrected chi connectivity index (χ4v) is 2.66. The quantitative estimate of drug-likeness (QED) is 0.851. The third-order valence-corrected chi connectivity index (χ3v) is 4.23. The minimum Gasteiger partial charge on any atom is -0.478 e. The van der Waals surface area contributed by atoms with E-state index in [0.717, 1.165) is 0 Å². The highest BCUT2D eigenvalue weighted by Gasteiger charge is 2.42. The molecule has 0 bridgehead atoms. The van der Waals surface area contributed by atoms with Gasteiger partial charge in [0.05, 0.1) is 5.69 Å². The SMILES string of the molecule is Cc1nnc(NC(C2CC2)C2CC2)c(C(=O)O)c1C. The molecule has 2 aliphatic rings. The smallest absolute Gasteiger partial charge is 0.339 e. The van der Waals surface area contributed by atoms with E-state index >= 15 is 0 Å². The monoisotopic (exact) mass is 261 g/mol. The van der Waals surface area contributed by atoms with Crippen LogP contribution in [0, 0.1) is 25.7 Å². The lowest BCUT2D eigenvalue weighted by Gasteiger charge is -2.20. The molecule has 102 valence electrons. The summed E-state index contributed by atoms with van der Waals surface area (Å²) >= 11 is 0. The van der Waals surface area contributed by atoms with Crippen LogP contribution in [0.5, 0.6) is 0 Å². The Morgan fingerprint density at radius 3 is 2.26 bits per heavy atom. The summed E-state index contributed by atoms with van der Waals surface area (Å²) < 4.78 is 0. The third kappa shape index (κ3) is 2.41. The van der Waals surface area contributed by atoms with Crippen molar-refractivity contribution in [1.82, 2.24) is 10.2 Å². The highest BCUT2D eigenvalue weighted by molar-refractivity contribution is 5.94. The van der Waals surface area contributed by atoms with Crippen molar-refractivity contribution in [1.29, 1.82) is 0 Å². The summed E-state index contributed by atoms with van der Waals surface area (Å²) in [4.78, 5) is 11.4. The van der Waals surface area contributed by atoms with E-state index in [-0.39, 0.29) is 5.56 Å². The van der Waals surface area contributed by atoms with Crippen LogP contribution < -0.4 is 5.32 Å². The van der Waals surface area contributed by atoms with Crippen LogP contribution in [0.4, 0.5) is 5.82 Å². The molecule has 0 spiro atoms. The maximum atomic E-state index is 11.4. The summed E-state index contributed by atoms with van der Waals surface area (Å²) in [5.41, 5.74) is 1.66. The van der Waals surface area contributed by atoms with Crippen molar-refractivity contribution >= 4 is 11.8 Å². The van der Waals surface area contributed by atoms with Crippen LogP contribution in [0.25, 0.3) is 0 Å². The van der Waals surface area contributed by atoms with Gasteiger partial charge in [-0.2, -0.15) is 5.10 Å². The van der Waals surface area contributed by atoms with E-state index in [1.54, 1.807) is 13.8 Å². The molecule has 0 unspecified atom stereocenters.